The average molecular weight is 196 g/mol. The Kier molecular flexibility index (Phi) is 8.04. The quantitative estimate of drug-likeness (QED) is 0.648. The molecule has 0 heterocycles. The van der Waals surface area contributed by atoms with Crippen molar-refractivity contribution in [3.05, 3.63) is 29.8 Å². The molecule has 0 spiro atoms. The molecule has 0 amide bonds. The molecule has 0 aliphatic rings. The highest BCUT2D eigenvalue weighted by atomic mass is 31.0. The molecule has 0 bridgehead atoms. The van der Waals surface area contributed by atoms with Crippen LogP contribution in [-0.2, 0) is 6.42 Å². The summed E-state index contributed by atoms with van der Waals surface area (Å²) in [5.74, 6) is 0. The van der Waals surface area contributed by atoms with Crippen LogP contribution in [0.15, 0.2) is 24.3 Å². The maximum atomic E-state index is 2.70. The van der Waals surface area contributed by atoms with Gasteiger partial charge in [-0.05, 0) is 23.7 Å². The van der Waals surface area contributed by atoms with Gasteiger partial charge in [-0.3, -0.25) is 0 Å². The first-order valence-corrected chi connectivity index (χ1v) is 5.75. The SMILES string of the molecule is CC.CCCCc1ccc(P)cc1. The van der Waals surface area contributed by atoms with Crippen LogP contribution in [0.4, 0.5) is 0 Å². The molecule has 1 rings (SSSR count). The predicted octanol–water partition coefficient (Wildman–Crippen LogP) is 3.56. The highest BCUT2D eigenvalue weighted by Crippen LogP contribution is 2.03. The molecular formula is C12H21P. The van der Waals surface area contributed by atoms with Gasteiger partial charge in [0, 0.05) is 0 Å². The van der Waals surface area contributed by atoms with Crippen molar-refractivity contribution in [2.75, 3.05) is 0 Å². The van der Waals surface area contributed by atoms with Crippen molar-refractivity contribution in [2.45, 2.75) is 40.0 Å². The third kappa shape index (κ3) is 5.82. The largest absolute Gasteiger partial charge is 0.106 e. The normalized spacial score (nSPS) is 8.92. The Balaban J connectivity index is 0.000000671. The van der Waals surface area contributed by atoms with Gasteiger partial charge in [-0.25, -0.2) is 0 Å². The summed E-state index contributed by atoms with van der Waals surface area (Å²) in [4.78, 5) is 0. The number of hydrogen-bond acceptors (Lipinski definition) is 0. The first-order valence-electron chi connectivity index (χ1n) is 5.17. The highest BCUT2D eigenvalue weighted by Gasteiger charge is 1.90. The molecule has 0 aromatic heterocycles. The van der Waals surface area contributed by atoms with Crippen molar-refractivity contribution in [2.24, 2.45) is 0 Å². The predicted molar refractivity (Wildman–Crippen MR) is 65.7 cm³/mol. The average Bonchev–Trinajstić information content (AvgIpc) is 2.20. The molecule has 74 valence electrons. The van der Waals surface area contributed by atoms with Crippen LogP contribution in [0.3, 0.4) is 0 Å². The summed E-state index contributed by atoms with van der Waals surface area (Å²) in [7, 11) is 2.70. The first-order chi connectivity index (χ1) is 6.33. The molecule has 0 radical (unpaired) electrons. The fourth-order valence-electron chi connectivity index (χ4n) is 1.07. The van der Waals surface area contributed by atoms with Gasteiger partial charge >= 0.3 is 0 Å². The summed E-state index contributed by atoms with van der Waals surface area (Å²) in [5, 5.41) is 1.27. The molecule has 0 saturated heterocycles. The van der Waals surface area contributed by atoms with Crippen LogP contribution in [0.5, 0.6) is 0 Å². The second-order valence-electron chi connectivity index (χ2n) is 2.85. The van der Waals surface area contributed by atoms with Gasteiger partial charge in [0.15, 0.2) is 0 Å². The number of aryl methyl sites for hydroxylation is 1. The van der Waals surface area contributed by atoms with Crippen molar-refractivity contribution in [3.63, 3.8) is 0 Å². The van der Waals surface area contributed by atoms with Crippen LogP contribution in [0.1, 0.15) is 39.2 Å². The molecule has 1 unspecified atom stereocenters. The monoisotopic (exact) mass is 196 g/mol. The Morgan fingerprint density at radius 2 is 1.62 bits per heavy atom. The van der Waals surface area contributed by atoms with E-state index in [0.29, 0.717) is 0 Å². The van der Waals surface area contributed by atoms with E-state index in [0.717, 1.165) is 0 Å². The fraction of sp³-hybridized carbons (Fsp3) is 0.500. The smallest absolute Gasteiger partial charge is 0.0279 e. The van der Waals surface area contributed by atoms with E-state index in [1.165, 1.54) is 30.1 Å². The second kappa shape index (κ2) is 8.26. The lowest BCUT2D eigenvalue weighted by atomic mass is 10.1. The summed E-state index contributed by atoms with van der Waals surface area (Å²) in [5.41, 5.74) is 1.46. The molecule has 1 heteroatoms. The van der Waals surface area contributed by atoms with Gasteiger partial charge in [-0.1, -0.05) is 51.5 Å². The van der Waals surface area contributed by atoms with Crippen molar-refractivity contribution in [3.8, 4) is 0 Å². The van der Waals surface area contributed by atoms with E-state index in [-0.39, 0.29) is 0 Å². The van der Waals surface area contributed by atoms with Crippen LogP contribution in [0.25, 0.3) is 0 Å². The van der Waals surface area contributed by atoms with E-state index in [1.807, 2.05) is 13.8 Å². The van der Waals surface area contributed by atoms with Crippen LogP contribution in [0, 0.1) is 0 Å². The minimum Gasteiger partial charge on any atom is -0.106 e. The molecule has 0 N–H and O–H groups in total. The molecule has 0 aliphatic heterocycles. The van der Waals surface area contributed by atoms with Crippen molar-refractivity contribution in [1.82, 2.24) is 0 Å². The van der Waals surface area contributed by atoms with E-state index in [2.05, 4.69) is 40.4 Å². The van der Waals surface area contributed by atoms with E-state index in [1.54, 1.807) is 0 Å². The van der Waals surface area contributed by atoms with Crippen molar-refractivity contribution >= 4 is 14.5 Å². The van der Waals surface area contributed by atoms with E-state index in [4.69, 9.17) is 0 Å². The molecule has 0 aliphatic carbocycles. The van der Waals surface area contributed by atoms with Crippen LogP contribution >= 0.6 is 9.24 Å². The molecular weight excluding hydrogens is 175 g/mol. The maximum Gasteiger partial charge on any atom is -0.0279 e. The zero-order valence-corrected chi connectivity index (χ0v) is 10.2. The Hall–Kier alpha value is -0.350. The van der Waals surface area contributed by atoms with Gasteiger partial charge < -0.3 is 0 Å². The van der Waals surface area contributed by atoms with Crippen LogP contribution in [0.2, 0.25) is 0 Å². The summed E-state index contributed by atoms with van der Waals surface area (Å²) in [6.07, 6.45) is 3.81. The summed E-state index contributed by atoms with van der Waals surface area (Å²) in [6, 6.07) is 8.71. The minimum absolute atomic E-state index is 1.22. The Morgan fingerprint density at radius 1 is 1.08 bits per heavy atom. The third-order valence-corrected chi connectivity index (χ3v) is 2.18. The second-order valence-corrected chi connectivity index (χ2v) is 3.51. The van der Waals surface area contributed by atoms with Gasteiger partial charge in [-0.2, -0.15) is 0 Å². The number of unbranched alkanes of at least 4 members (excludes halogenated alkanes) is 1. The highest BCUT2D eigenvalue weighted by molar-refractivity contribution is 7.27. The Labute approximate surface area is 85.0 Å². The summed E-state index contributed by atoms with van der Waals surface area (Å²) >= 11 is 0. The lowest BCUT2D eigenvalue weighted by Gasteiger charge is -1.98. The van der Waals surface area contributed by atoms with Gasteiger partial charge in [-0.15, -0.1) is 9.24 Å². The van der Waals surface area contributed by atoms with Crippen molar-refractivity contribution in [1.29, 1.82) is 0 Å². The van der Waals surface area contributed by atoms with Gasteiger partial charge in [0.05, 0.1) is 0 Å². The molecule has 0 nitrogen and oxygen atoms in total. The van der Waals surface area contributed by atoms with E-state index in [9.17, 15) is 0 Å². The molecule has 0 fully saturated rings. The van der Waals surface area contributed by atoms with Gasteiger partial charge in [0.2, 0.25) is 0 Å². The third-order valence-electron chi connectivity index (χ3n) is 1.80. The molecule has 13 heavy (non-hydrogen) atoms. The first kappa shape index (κ1) is 12.7. The fourth-order valence-corrected chi connectivity index (χ4v) is 1.26. The van der Waals surface area contributed by atoms with Crippen LogP contribution in [-0.4, -0.2) is 0 Å². The molecule has 1 atom stereocenters. The molecule has 1 aromatic carbocycles. The summed E-state index contributed by atoms with van der Waals surface area (Å²) in [6.45, 7) is 6.23. The van der Waals surface area contributed by atoms with E-state index >= 15 is 0 Å². The van der Waals surface area contributed by atoms with Gasteiger partial charge in [0.25, 0.3) is 0 Å². The number of benzene rings is 1. The van der Waals surface area contributed by atoms with Crippen LogP contribution < -0.4 is 5.30 Å². The van der Waals surface area contributed by atoms with Crippen molar-refractivity contribution < 1.29 is 0 Å². The summed E-state index contributed by atoms with van der Waals surface area (Å²) < 4.78 is 0. The lowest BCUT2D eigenvalue weighted by Crippen LogP contribution is -1.90. The standard InChI is InChI=1S/C10H15P.C2H6/c1-2-3-4-9-5-7-10(11)8-6-9;1-2/h5-8H,2-4,11H2,1H3;1-2H3. The maximum absolute atomic E-state index is 2.70. The molecule has 1 aromatic rings. The number of rotatable bonds is 3. The zero-order chi connectivity index (χ0) is 10.1. The zero-order valence-electron chi connectivity index (χ0n) is 9.01. The van der Waals surface area contributed by atoms with E-state index < -0.39 is 0 Å². The number of hydrogen-bond donors (Lipinski definition) is 0. The van der Waals surface area contributed by atoms with Gasteiger partial charge in [0.1, 0.15) is 0 Å². The minimum atomic E-state index is 1.22. The Bertz CT molecular complexity index is 201. The Morgan fingerprint density at radius 3 is 2.08 bits per heavy atom. The topological polar surface area (TPSA) is 0 Å². The lowest BCUT2D eigenvalue weighted by molar-refractivity contribution is 0.795. The molecule has 0 saturated carbocycles.